The molecule has 7 heteroatoms. The Morgan fingerprint density at radius 3 is 2.21 bits per heavy atom. The maximum Gasteiger partial charge on any atom is 0.255 e. The molecule has 0 radical (unpaired) electrons. The Kier molecular flexibility index (Phi) is 6.37. The van der Waals surface area contributed by atoms with Gasteiger partial charge < -0.3 is 5.32 Å². The highest BCUT2D eigenvalue weighted by Crippen LogP contribution is 2.21. The molecule has 3 rings (SSSR count). The highest BCUT2D eigenvalue weighted by atomic mass is 35.5. The summed E-state index contributed by atoms with van der Waals surface area (Å²) >= 11 is 5.84. The number of anilines is 1. The molecular formula is C22H21ClN2O3S. The van der Waals surface area contributed by atoms with Gasteiger partial charge in [0.2, 0.25) is 10.0 Å². The molecule has 0 bridgehead atoms. The van der Waals surface area contributed by atoms with Gasteiger partial charge in [-0.15, -0.1) is 0 Å². The molecule has 150 valence electrons. The zero-order chi connectivity index (χ0) is 21.0. The second-order valence-corrected chi connectivity index (χ2v) is 8.95. The fourth-order valence-corrected chi connectivity index (χ4v) is 3.94. The molecule has 29 heavy (non-hydrogen) atoms. The Balaban J connectivity index is 1.71. The number of aryl methyl sites for hydroxylation is 2. The van der Waals surface area contributed by atoms with E-state index in [0.717, 1.165) is 11.1 Å². The van der Waals surface area contributed by atoms with E-state index < -0.39 is 10.0 Å². The topological polar surface area (TPSA) is 75.3 Å². The van der Waals surface area contributed by atoms with Crippen molar-refractivity contribution in [1.82, 2.24) is 4.72 Å². The van der Waals surface area contributed by atoms with Crippen LogP contribution in [0.15, 0.2) is 71.6 Å². The number of amides is 1. The lowest BCUT2D eigenvalue weighted by Gasteiger charge is -2.12. The molecule has 0 unspecified atom stereocenters. The first-order valence-corrected chi connectivity index (χ1v) is 10.8. The van der Waals surface area contributed by atoms with Crippen molar-refractivity contribution in [3.63, 3.8) is 0 Å². The number of carbonyl (C=O) groups is 1. The van der Waals surface area contributed by atoms with Crippen molar-refractivity contribution in [2.24, 2.45) is 0 Å². The lowest BCUT2D eigenvalue weighted by Crippen LogP contribution is -2.23. The number of hydrogen-bond acceptors (Lipinski definition) is 3. The van der Waals surface area contributed by atoms with E-state index in [1.54, 1.807) is 37.3 Å². The Morgan fingerprint density at radius 2 is 1.59 bits per heavy atom. The average molecular weight is 429 g/mol. The Bertz CT molecular complexity index is 1130. The largest absolute Gasteiger partial charge is 0.322 e. The summed E-state index contributed by atoms with van der Waals surface area (Å²) < 4.78 is 27.8. The molecule has 0 atom stereocenters. The molecule has 0 spiro atoms. The van der Waals surface area contributed by atoms with E-state index in [0.29, 0.717) is 21.8 Å². The van der Waals surface area contributed by atoms with Crippen LogP contribution in [0.1, 0.15) is 27.0 Å². The molecule has 0 saturated heterocycles. The summed E-state index contributed by atoms with van der Waals surface area (Å²) in [6.07, 6.45) is 0. The van der Waals surface area contributed by atoms with Crippen LogP contribution in [0.5, 0.6) is 0 Å². The van der Waals surface area contributed by atoms with Gasteiger partial charge in [-0.3, -0.25) is 4.79 Å². The average Bonchev–Trinajstić information content (AvgIpc) is 2.69. The highest BCUT2D eigenvalue weighted by Gasteiger charge is 2.16. The molecular weight excluding hydrogens is 408 g/mol. The third-order valence-corrected chi connectivity index (χ3v) is 6.10. The number of sulfonamides is 1. The van der Waals surface area contributed by atoms with Crippen LogP contribution in [0.3, 0.4) is 0 Å². The summed E-state index contributed by atoms with van der Waals surface area (Å²) in [6, 6.07) is 18.8. The molecule has 3 aromatic carbocycles. The van der Waals surface area contributed by atoms with Crippen molar-refractivity contribution < 1.29 is 13.2 Å². The molecule has 0 aliphatic carbocycles. The van der Waals surface area contributed by atoms with Gasteiger partial charge in [-0.25, -0.2) is 13.1 Å². The molecule has 2 N–H and O–H groups in total. The zero-order valence-corrected chi connectivity index (χ0v) is 17.6. The zero-order valence-electron chi connectivity index (χ0n) is 16.1. The fraction of sp³-hybridized carbons (Fsp3) is 0.136. The Labute approximate surface area is 175 Å². The first-order valence-electron chi connectivity index (χ1n) is 8.97. The van der Waals surface area contributed by atoms with E-state index in [4.69, 9.17) is 11.6 Å². The quantitative estimate of drug-likeness (QED) is 0.598. The summed E-state index contributed by atoms with van der Waals surface area (Å²) in [5.41, 5.74) is 3.64. The van der Waals surface area contributed by atoms with Crippen LogP contribution in [0.25, 0.3) is 0 Å². The fourth-order valence-electron chi connectivity index (χ4n) is 2.71. The van der Waals surface area contributed by atoms with Crippen LogP contribution in [0.4, 0.5) is 5.69 Å². The smallest absolute Gasteiger partial charge is 0.255 e. The minimum absolute atomic E-state index is 0.145. The summed E-state index contributed by atoms with van der Waals surface area (Å²) in [5, 5.41) is 3.34. The molecule has 3 aromatic rings. The van der Waals surface area contributed by atoms with Crippen LogP contribution < -0.4 is 10.0 Å². The van der Waals surface area contributed by atoms with Crippen molar-refractivity contribution in [1.29, 1.82) is 0 Å². The number of benzene rings is 3. The Morgan fingerprint density at radius 1 is 0.931 bits per heavy atom. The number of carbonyl (C=O) groups excluding carboxylic acids is 1. The molecule has 0 saturated carbocycles. The van der Waals surface area contributed by atoms with Gasteiger partial charge in [0.1, 0.15) is 0 Å². The summed E-state index contributed by atoms with van der Waals surface area (Å²) in [6.45, 7) is 3.93. The van der Waals surface area contributed by atoms with E-state index >= 15 is 0 Å². The summed E-state index contributed by atoms with van der Waals surface area (Å²) in [4.78, 5) is 12.5. The van der Waals surface area contributed by atoms with Crippen LogP contribution in [-0.2, 0) is 16.6 Å². The van der Waals surface area contributed by atoms with E-state index in [2.05, 4.69) is 10.0 Å². The Hall–Kier alpha value is -2.67. The number of hydrogen-bond donors (Lipinski definition) is 2. The van der Waals surface area contributed by atoms with Gasteiger partial charge in [-0.2, -0.15) is 0 Å². The first kappa shape index (κ1) is 21.0. The van der Waals surface area contributed by atoms with Crippen molar-refractivity contribution in [2.45, 2.75) is 25.3 Å². The van der Waals surface area contributed by atoms with E-state index in [-0.39, 0.29) is 17.3 Å². The van der Waals surface area contributed by atoms with Crippen molar-refractivity contribution in [3.8, 4) is 0 Å². The molecule has 0 aromatic heterocycles. The van der Waals surface area contributed by atoms with Gasteiger partial charge in [0.25, 0.3) is 5.91 Å². The van der Waals surface area contributed by atoms with Gasteiger partial charge in [0.05, 0.1) is 4.90 Å². The van der Waals surface area contributed by atoms with Gasteiger partial charge in [-0.1, -0.05) is 41.4 Å². The SMILES string of the molecule is Cc1ccc(CNS(=O)(=O)c2ccc(NC(=O)c3ccc(Cl)cc3)c(C)c2)cc1. The van der Waals surface area contributed by atoms with Crippen molar-refractivity contribution in [2.75, 3.05) is 5.32 Å². The lowest BCUT2D eigenvalue weighted by molar-refractivity contribution is 0.102. The minimum atomic E-state index is -3.67. The van der Waals surface area contributed by atoms with E-state index in [1.807, 2.05) is 31.2 Å². The van der Waals surface area contributed by atoms with Gasteiger partial charge >= 0.3 is 0 Å². The lowest BCUT2D eigenvalue weighted by atomic mass is 10.1. The standard InChI is InChI=1S/C22H21ClN2O3S/c1-15-3-5-17(6-4-15)14-24-29(27,28)20-11-12-21(16(2)13-20)25-22(26)18-7-9-19(23)10-8-18/h3-13,24H,14H2,1-2H3,(H,25,26). The van der Waals surface area contributed by atoms with Crippen molar-refractivity contribution >= 4 is 33.2 Å². The molecule has 1 amide bonds. The predicted octanol–water partition coefficient (Wildman–Crippen LogP) is 4.69. The monoisotopic (exact) mass is 428 g/mol. The van der Waals surface area contributed by atoms with E-state index in [9.17, 15) is 13.2 Å². The maximum absolute atomic E-state index is 12.6. The second kappa shape index (κ2) is 8.78. The highest BCUT2D eigenvalue weighted by molar-refractivity contribution is 7.89. The molecule has 0 aliphatic heterocycles. The number of nitrogens with one attached hydrogen (secondary N) is 2. The molecule has 5 nitrogen and oxygen atoms in total. The summed E-state index contributed by atoms with van der Waals surface area (Å²) in [5.74, 6) is -0.294. The van der Waals surface area contributed by atoms with Crippen LogP contribution in [0, 0.1) is 13.8 Å². The van der Waals surface area contributed by atoms with E-state index in [1.165, 1.54) is 12.1 Å². The van der Waals surface area contributed by atoms with Crippen LogP contribution in [-0.4, -0.2) is 14.3 Å². The van der Waals surface area contributed by atoms with Gasteiger partial charge in [0.15, 0.2) is 0 Å². The summed E-state index contributed by atoms with van der Waals surface area (Å²) in [7, 11) is -3.67. The minimum Gasteiger partial charge on any atom is -0.322 e. The molecule has 0 heterocycles. The van der Waals surface area contributed by atoms with Gasteiger partial charge in [-0.05, 0) is 67.4 Å². The molecule has 0 aliphatic rings. The first-order chi connectivity index (χ1) is 13.7. The van der Waals surface area contributed by atoms with Crippen molar-refractivity contribution in [3.05, 3.63) is 94.0 Å². The normalized spacial score (nSPS) is 11.3. The molecule has 0 fully saturated rings. The van der Waals surface area contributed by atoms with Gasteiger partial charge in [0, 0.05) is 22.8 Å². The third kappa shape index (κ3) is 5.44. The van der Waals surface area contributed by atoms with Crippen LogP contribution >= 0.6 is 11.6 Å². The second-order valence-electron chi connectivity index (χ2n) is 6.75. The maximum atomic E-state index is 12.6. The predicted molar refractivity (Wildman–Crippen MR) is 116 cm³/mol. The number of halogens is 1. The third-order valence-electron chi connectivity index (χ3n) is 4.45. The number of rotatable bonds is 6. The van der Waals surface area contributed by atoms with Crippen LogP contribution in [0.2, 0.25) is 5.02 Å².